The van der Waals surface area contributed by atoms with Crippen molar-refractivity contribution in [2.75, 3.05) is 20.8 Å². The molecule has 0 aromatic heterocycles. The fourth-order valence-corrected chi connectivity index (χ4v) is 8.04. The lowest BCUT2D eigenvalue weighted by Crippen LogP contribution is -2.78. The summed E-state index contributed by atoms with van der Waals surface area (Å²) in [5.74, 6) is 1.38. The molecule has 1 aromatic carbocycles. The second kappa shape index (κ2) is 6.58. The van der Waals surface area contributed by atoms with E-state index in [-0.39, 0.29) is 34.3 Å². The molecule has 5 rings (SSSR count). The molecule has 0 radical (unpaired) electrons. The molecule has 6 heteroatoms. The first-order valence-corrected chi connectivity index (χ1v) is 12.1. The summed E-state index contributed by atoms with van der Waals surface area (Å²) >= 11 is 0. The average molecular weight is 455 g/mol. The second-order valence-corrected chi connectivity index (χ2v) is 12.3. The minimum atomic E-state index is -1.02. The van der Waals surface area contributed by atoms with Crippen LogP contribution in [-0.4, -0.2) is 54.1 Å². The number of nitriles is 1. The Balaban J connectivity index is 1.82. The quantitative estimate of drug-likeness (QED) is 0.695. The van der Waals surface area contributed by atoms with Gasteiger partial charge in [-0.1, -0.05) is 33.8 Å². The molecule has 180 valence electrons. The van der Waals surface area contributed by atoms with Crippen LogP contribution < -0.4 is 9.47 Å². The smallest absolute Gasteiger partial charge is 0.179 e. The summed E-state index contributed by atoms with van der Waals surface area (Å²) in [6.07, 6.45) is 4.56. The molecule has 1 spiro atoms. The van der Waals surface area contributed by atoms with E-state index in [1.165, 1.54) is 11.1 Å². The van der Waals surface area contributed by atoms with Crippen molar-refractivity contribution >= 4 is 0 Å². The molecule has 1 saturated carbocycles. The van der Waals surface area contributed by atoms with Crippen LogP contribution in [0.2, 0.25) is 0 Å². The Kier molecular flexibility index (Phi) is 4.55. The van der Waals surface area contributed by atoms with Gasteiger partial charge in [-0.05, 0) is 50.2 Å². The molecule has 4 aliphatic rings. The highest BCUT2D eigenvalue weighted by Gasteiger charge is 2.77. The maximum atomic E-state index is 12.1. The van der Waals surface area contributed by atoms with Crippen molar-refractivity contribution in [3.05, 3.63) is 23.3 Å². The Morgan fingerprint density at radius 2 is 1.91 bits per heavy atom. The van der Waals surface area contributed by atoms with Crippen LogP contribution >= 0.6 is 0 Å². The predicted octanol–water partition coefficient (Wildman–Crippen LogP) is 4.03. The van der Waals surface area contributed by atoms with Gasteiger partial charge in [-0.15, -0.1) is 0 Å². The zero-order chi connectivity index (χ0) is 24.2. The van der Waals surface area contributed by atoms with Gasteiger partial charge in [0.2, 0.25) is 0 Å². The van der Waals surface area contributed by atoms with Gasteiger partial charge in [-0.25, -0.2) is 0 Å². The highest BCUT2D eigenvalue weighted by molar-refractivity contribution is 5.63. The minimum absolute atomic E-state index is 0.0499. The van der Waals surface area contributed by atoms with Crippen molar-refractivity contribution in [1.82, 2.24) is 4.90 Å². The molecule has 7 atom stereocenters. The SMILES string of the molecule is COc1ccc2c3c1O[C@H]1[C@](C)(OC)[C@@H](C(C)(O)C(C)(C)C)C[C@]4(C)[C@@H](C2)N(C#N)CC[C@]314. The Hall–Kier alpha value is -1.97. The van der Waals surface area contributed by atoms with E-state index in [4.69, 9.17) is 14.2 Å². The maximum Gasteiger partial charge on any atom is 0.179 e. The van der Waals surface area contributed by atoms with Crippen LogP contribution in [0.15, 0.2) is 12.1 Å². The lowest BCUT2D eigenvalue weighted by molar-refractivity contribution is -0.267. The molecule has 1 N–H and O–H groups in total. The van der Waals surface area contributed by atoms with Crippen molar-refractivity contribution in [1.29, 1.82) is 5.26 Å². The van der Waals surface area contributed by atoms with Crippen molar-refractivity contribution in [3.63, 3.8) is 0 Å². The number of ether oxygens (including phenoxy) is 3. The lowest BCUT2D eigenvalue weighted by Gasteiger charge is -2.69. The van der Waals surface area contributed by atoms with E-state index < -0.39 is 11.2 Å². The fourth-order valence-electron chi connectivity index (χ4n) is 8.04. The number of piperidine rings is 1. The number of hydrogen-bond acceptors (Lipinski definition) is 6. The summed E-state index contributed by atoms with van der Waals surface area (Å²) in [5, 5.41) is 22.1. The zero-order valence-electron chi connectivity index (χ0n) is 21.3. The Labute approximate surface area is 197 Å². The number of benzene rings is 1. The summed E-state index contributed by atoms with van der Waals surface area (Å²) in [6.45, 7) is 13.4. The summed E-state index contributed by atoms with van der Waals surface area (Å²) in [5.41, 5.74) is -0.196. The van der Waals surface area contributed by atoms with Crippen LogP contribution in [0.4, 0.5) is 0 Å². The lowest BCUT2D eigenvalue weighted by atomic mass is 9.38. The number of aliphatic hydroxyl groups is 1. The molecule has 2 aliphatic carbocycles. The molecule has 33 heavy (non-hydrogen) atoms. The van der Waals surface area contributed by atoms with Gasteiger partial charge >= 0.3 is 0 Å². The third-order valence-corrected chi connectivity index (χ3v) is 10.5. The highest BCUT2D eigenvalue weighted by atomic mass is 16.6. The van der Waals surface area contributed by atoms with Gasteiger partial charge in [0, 0.05) is 42.0 Å². The Bertz CT molecular complexity index is 1040. The predicted molar refractivity (Wildman–Crippen MR) is 125 cm³/mol. The van der Waals surface area contributed by atoms with Crippen LogP contribution in [0, 0.1) is 28.2 Å². The molecular formula is C27H38N2O4. The molecule has 1 aromatic rings. The second-order valence-electron chi connectivity index (χ2n) is 12.3. The third kappa shape index (κ3) is 2.41. The van der Waals surface area contributed by atoms with E-state index in [0.29, 0.717) is 6.54 Å². The van der Waals surface area contributed by atoms with Crippen molar-refractivity contribution in [2.45, 2.75) is 89.6 Å². The van der Waals surface area contributed by atoms with Crippen molar-refractivity contribution < 1.29 is 19.3 Å². The first kappa shape index (κ1) is 22.8. The van der Waals surface area contributed by atoms with Gasteiger partial charge in [0.15, 0.2) is 17.7 Å². The molecule has 2 heterocycles. The molecule has 2 aliphatic heterocycles. The summed E-state index contributed by atoms with van der Waals surface area (Å²) in [4.78, 5) is 1.98. The van der Waals surface area contributed by atoms with Gasteiger partial charge in [0.25, 0.3) is 0 Å². The van der Waals surface area contributed by atoms with Crippen LogP contribution in [0.25, 0.3) is 0 Å². The molecule has 6 nitrogen and oxygen atoms in total. The topological polar surface area (TPSA) is 75.0 Å². The van der Waals surface area contributed by atoms with Crippen LogP contribution in [0.5, 0.6) is 11.5 Å². The minimum Gasteiger partial charge on any atom is -0.493 e. The molecule has 2 fully saturated rings. The average Bonchev–Trinajstić information content (AvgIpc) is 3.11. The van der Waals surface area contributed by atoms with Crippen molar-refractivity contribution in [3.8, 4) is 17.7 Å². The fraction of sp³-hybridized carbons (Fsp3) is 0.741. The first-order chi connectivity index (χ1) is 15.3. The molecule has 0 amide bonds. The van der Waals surface area contributed by atoms with Crippen molar-refractivity contribution in [2.24, 2.45) is 16.7 Å². The molecule has 1 saturated heterocycles. The molecule has 2 bridgehead atoms. The highest BCUT2D eigenvalue weighted by Crippen LogP contribution is 2.73. The summed E-state index contributed by atoms with van der Waals surface area (Å²) in [6, 6.07) is 4.19. The Morgan fingerprint density at radius 1 is 1.21 bits per heavy atom. The van der Waals surface area contributed by atoms with E-state index in [1.54, 1.807) is 14.2 Å². The zero-order valence-corrected chi connectivity index (χ0v) is 21.3. The van der Waals surface area contributed by atoms with Crippen LogP contribution in [0.1, 0.15) is 65.5 Å². The number of hydrogen-bond donors (Lipinski definition) is 1. The van der Waals surface area contributed by atoms with Gasteiger partial charge in [-0.2, -0.15) is 5.26 Å². The van der Waals surface area contributed by atoms with Crippen LogP contribution in [0.3, 0.4) is 0 Å². The number of methoxy groups -OCH3 is 2. The van der Waals surface area contributed by atoms with E-state index in [2.05, 4.69) is 46.9 Å². The van der Waals surface area contributed by atoms with Crippen LogP contribution in [-0.2, 0) is 16.6 Å². The van der Waals surface area contributed by atoms with E-state index in [0.717, 1.165) is 30.8 Å². The molecule has 1 unspecified atom stereocenters. The maximum absolute atomic E-state index is 12.1. The van der Waals surface area contributed by atoms with E-state index >= 15 is 0 Å². The number of likely N-dealkylation sites (tertiary alicyclic amines) is 1. The number of rotatable bonds is 3. The third-order valence-electron chi connectivity index (χ3n) is 10.5. The summed E-state index contributed by atoms with van der Waals surface area (Å²) in [7, 11) is 3.44. The largest absolute Gasteiger partial charge is 0.493 e. The van der Waals surface area contributed by atoms with E-state index in [1.807, 2.05) is 17.9 Å². The van der Waals surface area contributed by atoms with E-state index in [9.17, 15) is 10.4 Å². The van der Waals surface area contributed by atoms with Gasteiger partial charge in [0.05, 0.1) is 12.7 Å². The normalized spacial score (nSPS) is 40.4. The monoisotopic (exact) mass is 454 g/mol. The number of nitrogens with zero attached hydrogens (tertiary/aromatic N) is 2. The van der Waals surface area contributed by atoms with Gasteiger partial charge in [0.1, 0.15) is 11.7 Å². The van der Waals surface area contributed by atoms with Gasteiger partial charge < -0.3 is 24.2 Å². The van der Waals surface area contributed by atoms with Gasteiger partial charge in [-0.3, -0.25) is 0 Å². The Morgan fingerprint density at radius 3 is 2.48 bits per heavy atom. The molecular weight excluding hydrogens is 416 g/mol. The standard InChI is InChI=1S/C27H38N2O4/c1-23(2,3)26(6,30)18-14-24(4)19-13-16-9-10-17(31-7)21-20(16)27(24,11-12-29(19)15-28)22(33-21)25(18,5)32-8/h9-10,18-19,22,30H,11-14H2,1-8H3/t18-,19+,22-,24+,25+,26?,27-/m0/s1. The first-order valence-electron chi connectivity index (χ1n) is 12.1. The summed E-state index contributed by atoms with van der Waals surface area (Å²) < 4.78 is 19.1.